The molecule has 5 nitrogen and oxygen atoms in total. The predicted molar refractivity (Wildman–Crippen MR) is 94.9 cm³/mol. The third-order valence-electron chi connectivity index (χ3n) is 3.60. The summed E-state index contributed by atoms with van der Waals surface area (Å²) in [5.74, 6) is 1.44. The molecule has 0 aliphatic heterocycles. The minimum atomic E-state index is -3.40. The Morgan fingerprint density at radius 1 is 0.875 bits per heavy atom. The van der Waals surface area contributed by atoms with Crippen molar-refractivity contribution in [2.45, 2.75) is 25.1 Å². The van der Waals surface area contributed by atoms with Gasteiger partial charge in [0.15, 0.2) is 0 Å². The van der Waals surface area contributed by atoms with Gasteiger partial charge in [0.2, 0.25) is 10.0 Å². The van der Waals surface area contributed by atoms with Gasteiger partial charge in [0.25, 0.3) is 0 Å². The van der Waals surface area contributed by atoms with E-state index in [1.165, 1.54) is 0 Å². The van der Waals surface area contributed by atoms with Gasteiger partial charge in [-0.25, -0.2) is 13.1 Å². The van der Waals surface area contributed by atoms with Crippen LogP contribution in [0.5, 0.6) is 11.5 Å². The van der Waals surface area contributed by atoms with Crippen molar-refractivity contribution in [2.24, 2.45) is 0 Å². The van der Waals surface area contributed by atoms with E-state index in [2.05, 4.69) is 4.72 Å². The summed E-state index contributed by atoms with van der Waals surface area (Å²) in [6, 6.07) is 14.4. The second kappa shape index (κ2) is 8.17. The van der Waals surface area contributed by atoms with Crippen molar-refractivity contribution >= 4 is 10.0 Å². The van der Waals surface area contributed by atoms with Gasteiger partial charge in [0, 0.05) is 6.04 Å². The standard InChI is InChI=1S/C18H23NO4S/c1-14(12-15-4-8-17(22-2)9-5-15)19-24(20,21)13-16-6-10-18(23-3)11-7-16/h4-11,14,19H,12-13H2,1-3H3. The molecular formula is C18H23NO4S. The van der Waals surface area contributed by atoms with Crippen LogP contribution in [0.15, 0.2) is 48.5 Å². The highest BCUT2D eigenvalue weighted by atomic mass is 32.2. The summed E-state index contributed by atoms with van der Waals surface area (Å²) < 4.78 is 37.5. The first-order valence-electron chi connectivity index (χ1n) is 7.67. The van der Waals surface area contributed by atoms with E-state index in [1.807, 2.05) is 31.2 Å². The van der Waals surface area contributed by atoms with Gasteiger partial charge in [0.05, 0.1) is 20.0 Å². The highest BCUT2D eigenvalue weighted by Crippen LogP contribution is 2.15. The number of sulfonamides is 1. The Hall–Kier alpha value is -2.05. The first-order valence-corrected chi connectivity index (χ1v) is 9.33. The average molecular weight is 349 g/mol. The highest BCUT2D eigenvalue weighted by molar-refractivity contribution is 7.88. The summed E-state index contributed by atoms with van der Waals surface area (Å²) in [4.78, 5) is 0. The molecule has 130 valence electrons. The molecule has 2 rings (SSSR count). The molecule has 0 spiro atoms. The molecular weight excluding hydrogens is 326 g/mol. The number of hydrogen-bond donors (Lipinski definition) is 1. The van der Waals surface area contributed by atoms with Crippen molar-refractivity contribution in [3.63, 3.8) is 0 Å². The van der Waals surface area contributed by atoms with E-state index in [0.717, 1.165) is 16.9 Å². The third-order valence-corrected chi connectivity index (χ3v) is 5.07. The van der Waals surface area contributed by atoms with Gasteiger partial charge in [0.1, 0.15) is 11.5 Å². The highest BCUT2D eigenvalue weighted by Gasteiger charge is 2.16. The number of benzene rings is 2. The number of methoxy groups -OCH3 is 2. The normalized spacial score (nSPS) is 12.6. The van der Waals surface area contributed by atoms with Crippen LogP contribution in [0.3, 0.4) is 0 Å². The summed E-state index contributed by atoms with van der Waals surface area (Å²) in [5, 5.41) is 0. The van der Waals surface area contributed by atoms with Crippen LogP contribution in [0.1, 0.15) is 18.1 Å². The Bertz CT molecular complexity index is 740. The summed E-state index contributed by atoms with van der Waals surface area (Å²) >= 11 is 0. The fourth-order valence-electron chi connectivity index (χ4n) is 2.45. The van der Waals surface area contributed by atoms with E-state index < -0.39 is 10.0 Å². The zero-order valence-electron chi connectivity index (χ0n) is 14.2. The summed E-state index contributed by atoms with van der Waals surface area (Å²) in [6.45, 7) is 1.86. The molecule has 0 amide bonds. The maximum absolute atomic E-state index is 12.3. The van der Waals surface area contributed by atoms with Crippen LogP contribution in [-0.2, 0) is 22.2 Å². The van der Waals surface area contributed by atoms with Crippen LogP contribution in [-0.4, -0.2) is 28.7 Å². The lowest BCUT2D eigenvalue weighted by atomic mass is 10.1. The lowest BCUT2D eigenvalue weighted by Crippen LogP contribution is -2.34. The van der Waals surface area contributed by atoms with E-state index in [4.69, 9.17) is 9.47 Å². The van der Waals surface area contributed by atoms with Crippen LogP contribution in [0.2, 0.25) is 0 Å². The maximum Gasteiger partial charge on any atom is 0.216 e. The van der Waals surface area contributed by atoms with E-state index in [-0.39, 0.29) is 11.8 Å². The predicted octanol–water partition coefficient (Wildman–Crippen LogP) is 2.75. The van der Waals surface area contributed by atoms with Gasteiger partial charge in [-0.15, -0.1) is 0 Å². The minimum Gasteiger partial charge on any atom is -0.497 e. The van der Waals surface area contributed by atoms with Gasteiger partial charge in [-0.05, 0) is 48.7 Å². The monoisotopic (exact) mass is 349 g/mol. The third kappa shape index (κ3) is 5.54. The SMILES string of the molecule is COc1ccc(CC(C)NS(=O)(=O)Cc2ccc(OC)cc2)cc1. The molecule has 0 radical (unpaired) electrons. The molecule has 1 N–H and O–H groups in total. The first kappa shape index (κ1) is 18.3. The number of hydrogen-bond acceptors (Lipinski definition) is 4. The fourth-order valence-corrected chi connectivity index (χ4v) is 3.86. The van der Waals surface area contributed by atoms with Crippen LogP contribution in [0.25, 0.3) is 0 Å². The molecule has 0 aromatic heterocycles. The van der Waals surface area contributed by atoms with Crippen molar-refractivity contribution in [2.75, 3.05) is 14.2 Å². The van der Waals surface area contributed by atoms with Crippen LogP contribution in [0.4, 0.5) is 0 Å². The quantitative estimate of drug-likeness (QED) is 0.796. The molecule has 0 saturated carbocycles. The second-order valence-electron chi connectivity index (χ2n) is 5.68. The molecule has 2 aromatic carbocycles. The van der Waals surface area contributed by atoms with Gasteiger partial charge in [-0.1, -0.05) is 24.3 Å². The molecule has 0 bridgehead atoms. The molecule has 6 heteroatoms. The molecule has 0 aliphatic carbocycles. The van der Waals surface area contributed by atoms with E-state index in [0.29, 0.717) is 12.2 Å². The lowest BCUT2D eigenvalue weighted by Gasteiger charge is -2.15. The lowest BCUT2D eigenvalue weighted by molar-refractivity contribution is 0.414. The van der Waals surface area contributed by atoms with Crippen LogP contribution >= 0.6 is 0 Å². The molecule has 24 heavy (non-hydrogen) atoms. The van der Waals surface area contributed by atoms with Crippen molar-refractivity contribution < 1.29 is 17.9 Å². The molecule has 2 aromatic rings. The fraction of sp³-hybridized carbons (Fsp3) is 0.333. The average Bonchev–Trinajstić information content (AvgIpc) is 2.55. The smallest absolute Gasteiger partial charge is 0.216 e. The molecule has 0 saturated heterocycles. The Labute approximate surface area is 143 Å². The molecule has 1 atom stereocenters. The van der Waals surface area contributed by atoms with E-state index >= 15 is 0 Å². The topological polar surface area (TPSA) is 64.6 Å². The molecule has 0 aliphatic rings. The van der Waals surface area contributed by atoms with Gasteiger partial charge < -0.3 is 9.47 Å². The maximum atomic E-state index is 12.3. The molecule has 1 unspecified atom stereocenters. The Balaban J connectivity index is 1.93. The van der Waals surface area contributed by atoms with Crippen LogP contribution in [0, 0.1) is 0 Å². The summed E-state index contributed by atoms with van der Waals surface area (Å²) in [6.07, 6.45) is 0.617. The number of nitrogens with one attached hydrogen (secondary N) is 1. The number of ether oxygens (including phenoxy) is 2. The molecule has 0 heterocycles. The van der Waals surface area contributed by atoms with Crippen LogP contribution < -0.4 is 14.2 Å². The van der Waals surface area contributed by atoms with Gasteiger partial charge in [-0.3, -0.25) is 0 Å². The van der Waals surface area contributed by atoms with Crippen molar-refractivity contribution in [1.82, 2.24) is 4.72 Å². The van der Waals surface area contributed by atoms with Crippen molar-refractivity contribution in [3.8, 4) is 11.5 Å². The Morgan fingerprint density at radius 2 is 1.33 bits per heavy atom. The largest absolute Gasteiger partial charge is 0.497 e. The number of rotatable bonds is 8. The van der Waals surface area contributed by atoms with Gasteiger partial charge >= 0.3 is 0 Å². The Kier molecular flexibility index (Phi) is 6.23. The van der Waals surface area contributed by atoms with E-state index in [9.17, 15) is 8.42 Å². The second-order valence-corrected chi connectivity index (χ2v) is 7.43. The Morgan fingerprint density at radius 3 is 1.79 bits per heavy atom. The first-order chi connectivity index (χ1) is 11.4. The minimum absolute atomic E-state index is 0.0516. The van der Waals surface area contributed by atoms with Gasteiger partial charge in [-0.2, -0.15) is 0 Å². The molecule has 0 fully saturated rings. The van der Waals surface area contributed by atoms with Crippen molar-refractivity contribution in [1.29, 1.82) is 0 Å². The summed E-state index contributed by atoms with van der Waals surface area (Å²) in [7, 11) is -0.208. The summed E-state index contributed by atoms with van der Waals surface area (Å²) in [5.41, 5.74) is 1.77. The van der Waals surface area contributed by atoms with E-state index in [1.54, 1.807) is 38.5 Å². The van der Waals surface area contributed by atoms with Crippen molar-refractivity contribution in [3.05, 3.63) is 59.7 Å². The zero-order chi connectivity index (χ0) is 17.6. The zero-order valence-corrected chi connectivity index (χ0v) is 15.0.